The van der Waals surface area contributed by atoms with Crippen molar-refractivity contribution in [2.24, 2.45) is 0 Å². The number of hydrogen-bond acceptors (Lipinski definition) is 6. The first-order valence-electron chi connectivity index (χ1n) is 4.01. The number of phenolic OH excluding ortho intramolecular Hbond substituents is 1. The number of nitro groups is 1. The maximum absolute atomic E-state index is 11.1. The number of methoxy groups -OCH3 is 1. The Kier molecular flexibility index (Phi) is 3.06. The van der Waals surface area contributed by atoms with Crippen LogP contribution < -0.4 is 0 Å². The van der Waals surface area contributed by atoms with Crippen molar-refractivity contribution in [3.8, 4) is 11.8 Å². The number of nitriles is 1. The molecule has 0 radical (unpaired) electrons. The summed E-state index contributed by atoms with van der Waals surface area (Å²) in [5, 5.41) is 28.7. The van der Waals surface area contributed by atoms with Crippen LogP contribution >= 0.6 is 0 Å². The average molecular weight is 222 g/mol. The van der Waals surface area contributed by atoms with E-state index in [9.17, 15) is 20.0 Å². The molecule has 0 fully saturated rings. The molecule has 82 valence electrons. The molecule has 0 atom stereocenters. The Morgan fingerprint density at radius 1 is 1.62 bits per heavy atom. The lowest BCUT2D eigenvalue weighted by atomic mass is 10.1. The second-order valence-electron chi connectivity index (χ2n) is 2.72. The molecule has 0 saturated carbocycles. The summed E-state index contributed by atoms with van der Waals surface area (Å²) in [6.45, 7) is 0. The number of aromatic hydroxyl groups is 1. The minimum atomic E-state index is -0.930. The number of benzene rings is 1. The van der Waals surface area contributed by atoms with Crippen LogP contribution in [0.4, 0.5) is 5.69 Å². The highest BCUT2D eigenvalue weighted by Gasteiger charge is 2.26. The molecule has 1 rings (SSSR count). The highest BCUT2D eigenvalue weighted by molar-refractivity contribution is 5.94. The van der Waals surface area contributed by atoms with Gasteiger partial charge in [-0.3, -0.25) is 10.1 Å². The highest BCUT2D eigenvalue weighted by atomic mass is 16.6. The van der Waals surface area contributed by atoms with E-state index >= 15 is 0 Å². The fourth-order valence-corrected chi connectivity index (χ4v) is 1.13. The minimum Gasteiger partial charge on any atom is -0.501 e. The monoisotopic (exact) mass is 222 g/mol. The van der Waals surface area contributed by atoms with Crippen LogP contribution in [0.1, 0.15) is 15.9 Å². The number of rotatable bonds is 2. The molecule has 0 heterocycles. The molecule has 1 N–H and O–H groups in total. The van der Waals surface area contributed by atoms with Gasteiger partial charge in [-0.15, -0.1) is 0 Å². The van der Waals surface area contributed by atoms with E-state index in [2.05, 4.69) is 4.74 Å². The van der Waals surface area contributed by atoms with Crippen molar-refractivity contribution in [1.82, 2.24) is 0 Å². The molecule has 0 aliphatic rings. The minimum absolute atomic E-state index is 0.324. The van der Waals surface area contributed by atoms with Crippen LogP contribution in [0, 0.1) is 21.4 Å². The number of ether oxygens (including phenoxy) is 1. The van der Waals surface area contributed by atoms with Crippen LogP contribution in [-0.2, 0) is 4.74 Å². The molecule has 1 aromatic carbocycles. The van der Waals surface area contributed by atoms with Gasteiger partial charge < -0.3 is 9.84 Å². The standard InChI is InChI=1S/C9H6N2O5/c1-16-9(13)6-3-2-5(4-10)7(8(6)12)11(14)15/h2-3,12H,1H3. The topological polar surface area (TPSA) is 113 Å². The summed E-state index contributed by atoms with van der Waals surface area (Å²) in [7, 11) is 1.08. The van der Waals surface area contributed by atoms with Gasteiger partial charge in [0.25, 0.3) is 0 Å². The van der Waals surface area contributed by atoms with Gasteiger partial charge >= 0.3 is 11.7 Å². The number of carbonyl (C=O) groups is 1. The Morgan fingerprint density at radius 3 is 2.69 bits per heavy atom. The Morgan fingerprint density at radius 2 is 2.25 bits per heavy atom. The molecule has 0 bridgehead atoms. The first-order valence-corrected chi connectivity index (χ1v) is 4.01. The summed E-state index contributed by atoms with van der Waals surface area (Å²) < 4.78 is 4.32. The van der Waals surface area contributed by atoms with Gasteiger partial charge in [-0.2, -0.15) is 5.26 Å². The van der Waals surface area contributed by atoms with Crippen molar-refractivity contribution >= 4 is 11.7 Å². The van der Waals surface area contributed by atoms with Crippen molar-refractivity contribution < 1.29 is 19.6 Å². The largest absolute Gasteiger partial charge is 0.501 e. The second kappa shape index (κ2) is 4.27. The summed E-state index contributed by atoms with van der Waals surface area (Å²) in [6.07, 6.45) is 0. The lowest BCUT2D eigenvalue weighted by molar-refractivity contribution is -0.386. The van der Waals surface area contributed by atoms with E-state index in [-0.39, 0.29) is 11.1 Å². The van der Waals surface area contributed by atoms with Gasteiger partial charge in [0.2, 0.25) is 5.75 Å². The lowest BCUT2D eigenvalue weighted by Gasteiger charge is -2.03. The lowest BCUT2D eigenvalue weighted by Crippen LogP contribution is -2.04. The Balaban J connectivity index is 3.51. The van der Waals surface area contributed by atoms with Gasteiger partial charge in [0.05, 0.1) is 12.0 Å². The molecule has 16 heavy (non-hydrogen) atoms. The van der Waals surface area contributed by atoms with E-state index in [0.29, 0.717) is 0 Å². The third kappa shape index (κ3) is 1.76. The third-order valence-corrected chi connectivity index (χ3v) is 1.86. The van der Waals surface area contributed by atoms with Crippen molar-refractivity contribution in [2.45, 2.75) is 0 Å². The fraction of sp³-hybridized carbons (Fsp3) is 0.111. The van der Waals surface area contributed by atoms with Crippen LogP contribution in [-0.4, -0.2) is 23.1 Å². The van der Waals surface area contributed by atoms with Gasteiger partial charge in [0.1, 0.15) is 17.2 Å². The van der Waals surface area contributed by atoms with Crippen molar-refractivity contribution in [3.05, 3.63) is 33.4 Å². The highest BCUT2D eigenvalue weighted by Crippen LogP contribution is 2.33. The molecule has 0 aliphatic carbocycles. The molecular formula is C9H6N2O5. The summed E-state index contributed by atoms with van der Waals surface area (Å²) in [5.41, 5.74) is -1.48. The number of nitrogens with zero attached hydrogens (tertiary/aromatic N) is 2. The fourth-order valence-electron chi connectivity index (χ4n) is 1.13. The van der Waals surface area contributed by atoms with Crippen LogP contribution in [0.3, 0.4) is 0 Å². The summed E-state index contributed by atoms with van der Waals surface area (Å²) >= 11 is 0. The zero-order valence-corrected chi connectivity index (χ0v) is 8.13. The number of carbonyl (C=O) groups excluding carboxylic acids is 1. The van der Waals surface area contributed by atoms with Gasteiger partial charge in [-0.25, -0.2) is 4.79 Å². The first-order chi connectivity index (χ1) is 7.52. The number of phenols is 1. The summed E-state index contributed by atoms with van der Waals surface area (Å²) in [6, 6.07) is 3.71. The van der Waals surface area contributed by atoms with Gasteiger partial charge in [0.15, 0.2) is 0 Å². The van der Waals surface area contributed by atoms with Crippen molar-refractivity contribution in [1.29, 1.82) is 5.26 Å². The smallest absolute Gasteiger partial charge is 0.341 e. The Labute approximate surface area is 89.6 Å². The molecule has 7 heteroatoms. The average Bonchev–Trinajstić information content (AvgIpc) is 2.26. The van der Waals surface area contributed by atoms with Gasteiger partial charge in [-0.05, 0) is 12.1 Å². The molecule has 0 spiro atoms. The molecule has 1 aromatic rings. The molecule has 0 aliphatic heterocycles. The maximum atomic E-state index is 11.1. The number of nitro benzene ring substituents is 1. The van der Waals surface area contributed by atoms with Crippen molar-refractivity contribution in [3.63, 3.8) is 0 Å². The van der Waals surface area contributed by atoms with E-state index in [4.69, 9.17) is 5.26 Å². The summed E-state index contributed by atoms with van der Waals surface area (Å²) in [5.74, 6) is -1.78. The van der Waals surface area contributed by atoms with Crippen LogP contribution in [0.5, 0.6) is 5.75 Å². The van der Waals surface area contributed by atoms with Crippen LogP contribution in [0.2, 0.25) is 0 Å². The Hall–Kier alpha value is -2.62. The quantitative estimate of drug-likeness (QED) is 0.452. The third-order valence-electron chi connectivity index (χ3n) is 1.86. The SMILES string of the molecule is COC(=O)c1ccc(C#N)c([N+](=O)[O-])c1O. The van der Waals surface area contributed by atoms with Crippen LogP contribution in [0.15, 0.2) is 12.1 Å². The van der Waals surface area contributed by atoms with E-state index in [1.54, 1.807) is 6.07 Å². The zero-order chi connectivity index (χ0) is 12.3. The number of hydrogen-bond donors (Lipinski definition) is 1. The molecule has 0 amide bonds. The van der Waals surface area contributed by atoms with E-state index in [1.807, 2.05) is 0 Å². The van der Waals surface area contributed by atoms with E-state index in [0.717, 1.165) is 19.2 Å². The number of esters is 1. The van der Waals surface area contributed by atoms with Gasteiger partial charge in [-0.1, -0.05) is 0 Å². The van der Waals surface area contributed by atoms with E-state index in [1.165, 1.54) is 0 Å². The maximum Gasteiger partial charge on any atom is 0.341 e. The van der Waals surface area contributed by atoms with Crippen molar-refractivity contribution in [2.75, 3.05) is 7.11 Å². The summed E-state index contributed by atoms with van der Waals surface area (Å²) in [4.78, 5) is 20.8. The van der Waals surface area contributed by atoms with E-state index < -0.39 is 22.3 Å². The van der Waals surface area contributed by atoms with Gasteiger partial charge in [0, 0.05) is 0 Å². The second-order valence-corrected chi connectivity index (χ2v) is 2.72. The predicted molar refractivity (Wildman–Crippen MR) is 50.8 cm³/mol. The molecule has 0 saturated heterocycles. The molecule has 0 unspecified atom stereocenters. The molecule has 7 nitrogen and oxygen atoms in total. The molecular weight excluding hydrogens is 216 g/mol. The normalized spacial score (nSPS) is 9.25. The predicted octanol–water partition coefficient (Wildman–Crippen LogP) is 0.959. The Bertz CT molecular complexity index is 503. The zero-order valence-electron chi connectivity index (χ0n) is 8.13. The first kappa shape index (κ1) is 11.5. The molecule has 0 aromatic heterocycles. The van der Waals surface area contributed by atoms with Crippen LogP contribution in [0.25, 0.3) is 0 Å².